The highest BCUT2D eigenvalue weighted by molar-refractivity contribution is 7.47. The van der Waals surface area contributed by atoms with Crippen LogP contribution in [0.4, 0.5) is 0 Å². The van der Waals surface area contributed by atoms with Crippen LogP contribution in [0.25, 0.3) is 0 Å². The lowest BCUT2D eigenvalue weighted by molar-refractivity contribution is -0.216. The molecule has 0 spiro atoms. The number of allylic oxidation sites excluding steroid dienone is 12. The van der Waals surface area contributed by atoms with E-state index in [0.717, 1.165) is 64.2 Å². The second-order valence-corrected chi connectivity index (χ2v) is 18.5. The standard InChI is InChI=1S/C47H78O17P2/c1-3-5-7-9-11-13-15-17-19-21-23-25-28-32-38(48)33-29-27-31-35-41(50)62-39(36-60-40(49)34-30-26-24-22-20-18-16-14-12-10-8-6-4-2)37-61-66(58,59)64-47-44(53)42(51)43(52)46(45(47)54)63-65(55,56)57/h5,7,11,13-14,16-17,19,23,25,27-29,32,38-39,42-48,51-54H,3-4,6,8-10,12,15,18,20-22,24,26,30-31,33-37H2,1-2H3,(H,58,59)(H2,55,56,57)/b7-5-,13-11-,16-14-,19-17-,25-23-,29-27-,32-28-/t38?,39-,42?,43?,44?,45?,46-,47+/m1/s1. The molecule has 66 heavy (non-hydrogen) atoms. The predicted octanol–water partition coefficient (Wildman–Crippen LogP) is 7.58. The maximum Gasteiger partial charge on any atom is 0.472 e. The molecule has 9 atom stereocenters. The summed E-state index contributed by atoms with van der Waals surface area (Å²) in [4.78, 5) is 54.2. The molecule has 8 N–H and O–H groups in total. The van der Waals surface area contributed by atoms with E-state index in [-0.39, 0.29) is 25.7 Å². The summed E-state index contributed by atoms with van der Waals surface area (Å²) in [5, 5.41) is 51.5. The number of ether oxygens (including phenoxy) is 2. The Labute approximate surface area is 391 Å². The molecule has 1 aliphatic carbocycles. The number of hydrogen-bond donors (Lipinski definition) is 8. The van der Waals surface area contributed by atoms with E-state index in [1.54, 1.807) is 24.3 Å². The third-order valence-electron chi connectivity index (χ3n) is 10.0. The zero-order valence-corrected chi connectivity index (χ0v) is 40.5. The second kappa shape index (κ2) is 37.1. The van der Waals surface area contributed by atoms with Crippen LogP contribution < -0.4 is 0 Å². The Kier molecular flexibility index (Phi) is 34.4. The molecule has 0 aromatic carbocycles. The third kappa shape index (κ3) is 31.2. The van der Waals surface area contributed by atoms with Gasteiger partial charge in [0.2, 0.25) is 0 Å². The number of unbranched alkanes of at least 4 members (excludes halogenated alkanes) is 9. The fourth-order valence-corrected chi connectivity index (χ4v) is 7.96. The maximum atomic E-state index is 13.0. The molecule has 0 heterocycles. The number of carbonyl (C=O) groups excluding carboxylic acids is 2. The molecule has 0 aromatic rings. The average molecular weight is 977 g/mol. The molecular weight excluding hydrogens is 898 g/mol. The van der Waals surface area contributed by atoms with Crippen LogP contribution in [0.3, 0.4) is 0 Å². The van der Waals surface area contributed by atoms with E-state index in [1.807, 2.05) is 12.2 Å². The lowest BCUT2D eigenvalue weighted by Crippen LogP contribution is -2.64. The summed E-state index contributed by atoms with van der Waals surface area (Å²) in [6.45, 7) is 2.81. The Hall–Kier alpha value is -2.86. The van der Waals surface area contributed by atoms with Crippen molar-refractivity contribution in [3.63, 3.8) is 0 Å². The first-order valence-corrected chi connectivity index (χ1v) is 26.3. The van der Waals surface area contributed by atoms with Crippen molar-refractivity contribution in [3.8, 4) is 0 Å². The van der Waals surface area contributed by atoms with Crippen LogP contribution in [0.1, 0.15) is 136 Å². The summed E-state index contributed by atoms with van der Waals surface area (Å²) in [6.07, 6.45) is 27.1. The number of phosphoric ester groups is 2. The van der Waals surface area contributed by atoms with Crippen molar-refractivity contribution in [3.05, 3.63) is 85.1 Å². The van der Waals surface area contributed by atoms with Crippen molar-refractivity contribution in [2.24, 2.45) is 0 Å². The van der Waals surface area contributed by atoms with E-state index in [4.69, 9.17) is 28.3 Å². The Morgan fingerprint density at radius 2 is 1.14 bits per heavy atom. The van der Waals surface area contributed by atoms with Crippen LogP contribution in [-0.2, 0) is 41.8 Å². The van der Waals surface area contributed by atoms with Crippen molar-refractivity contribution in [2.75, 3.05) is 13.2 Å². The molecule has 1 saturated carbocycles. The summed E-state index contributed by atoms with van der Waals surface area (Å²) in [7, 11) is -10.7. The highest BCUT2D eigenvalue weighted by atomic mass is 31.2. The summed E-state index contributed by atoms with van der Waals surface area (Å²) >= 11 is 0. The molecule has 6 unspecified atom stereocenters. The van der Waals surface area contributed by atoms with Crippen LogP contribution in [0.2, 0.25) is 0 Å². The summed E-state index contributed by atoms with van der Waals surface area (Å²) in [5.74, 6) is -1.41. The number of rotatable bonds is 37. The van der Waals surface area contributed by atoms with Gasteiger partial charge in [-0.15, -0.1) is 0 Å². The van der Waals surface area contributed by atoms with Crippen molar-refractivity contribution in [2.45, 2.75) is 185 Å². The van der Waals surface area contributed by atoms with E-state index in [1.165, 1.54) is 25.7 Å². The molecule has 0 amide bonds. The molecule has 19 heteroatoms. The monoisotopic (exact) mass is 976 g/mol. The Morgan fingerprint density at radius 3 is 1.76 bits per heavy atom. The van der Waals surface area contributed by atoms with E-state index < -0.39 is 89.6 Å². The summed E-state index contributed by atoms with van der Waals surface area (Å²) < 4.78 is 49.2. The highest BCUT2D eigenvalue weighted by Gasteiger charge is 2.54. The van der Waals surface area contributed by atoms with E-state index in [0.29, 0.717) is 6.42 Å². The SMILES string of the molecule is CC/C=C\C/C=C\C/C=C\C/C=C\C=C/C(O)C/C=C\CCC(=O)O[C@H](COC(=O)CCCCCCC/C=C\CCCCCC)COP(=O)(O)O[C@H]1C(O)C(O)C(O)[C@@H](OP(=O)(O)O)C1O. The fourth-order valence-electron chi connectivity index (χ4n) is 6.42. The molecule has 0 saturated heterocycles. The van der Waals surface area contributed by atoms with Crippen molar-refractivity contribution >= 4 is 27.6 Å². The van der Waals surface area contributed by atoms with Crippen LogP contribution >= 0.6 is 15.6 Å². The van der Waals surface area contributed by atoms with Gasteiger partial charge < -0.3 is 49.7 Å². The van der Waals surface area contributed by atoms with Crippen LogP contribution in [0.15, 0.2) is 85.1 Å². The zero-order chi connectivity index (χ0) is 49.1. The van der Waals surface area contributed by atoms with Crippen LogP contribution in [0.5, 0.6) is 0 Å². The largest absolute Gasteiger partial charge is 0.472 e. The Morgan fingerprint density at radius 1 is 0.576 bits per heavy atom. The van der Waals surface area contributed by atoms with Gasteiger partial charge in [0.1, 0.15) is 43.2 Å². The minimum atomic E-state index is -5.39. The van der Waals surface area contributed by atoms with E-state index in [2.05, 4.69) is 67.0 Å². The topological polar surface area (TPSA) is 276 Å². The van der Waals surface area contributed by atoms with Gasteiger partial charge in [-0.25, -0.2) is 9.13 Å². The molecule has 0 radical (unpaired) electrons. The minimum absolute atomic E-state index is 0.0690. The zero-order valence-electron chi connectivity index (χ0n) is 38.7. The van der Waals surface area contributed by atoms with Crippen molar-refractivity contribution in [1.82, 2.24) is 0 Å². The van der Waals surface area contributed by atoms with Gasteiger partial charge in [-0.1, -0.05) is 137 Å². The van der Waals surface area contributed by atoms with Gasteiger partial charge in [0.25, 0.3) is 0 Å². The lowest BCUT2D eigenvalue weighted by atomic mass is 9.85. The molecule has 1 rings (SSSR count). The molecule has 0 aliphatic heterocycles. The number of aliphatic hydroxyl groups excluding tert-OH is 5. The average Bonchev–Trinajstić information content (AvgIpc) is 3.27. The van der Waals surface area contributed by atoms with Gasteiger partial charge in [-0.2, -0.15) is 0 Å². The van der Waals surface area contributed by atoms with Gasteiger partial charge in [0.15, 0.2) is 6.10 Å². The van der Waals surface area contributed by atoms with Gasteiger partial charge >= 0.3 is 27.6 Å². The molecule has 1 aliphatic rings. The predicted molar refractivity (Wildman–Crippen MR) is 251 cm³/mol. The van der Waals surface area contributed by atoms with Gasteiger partial charge in [0.05, 0.1) is 12.7 Å². The molecular formula is C47H78O17P2. The van der Waals surface area contributed by atoms with E-state index in [9.17, 15) is 49.1 Å². The summed E-state index contributed by atoms with van der Waals surface area (Å²) in [5.41, 5.74) is 0. The molecule has 1 fully saturated rings. The normalized spacial score (nSPS) is 22.8. The third-order valence-corrected chi connectivity index (χ3v) is 11.6. The molecule has 0 bridgehead atoms. The number of phosphoric acid groups is 2. The number of carbonyl (C=O) groups is 2. The Balaban J connectivity index is 2.71. The molecule has 0 aromatic heterocycles. The second-order valence-electron chi connectivity index (χ2n) is 15.9. The number of aliphatic hydroxyl groups is 5. The lowest BCUT2D eigenvalue weighted by Gasteiger charge is -2.43. The first-order chi connectivity index (χ1) is 31.5. The molecule has 378 valence electrons. The van der Waals surface area contributed by atoms with Crippen LogP contribution in [-0.4, -0.2) is 114 Å². The summed E-state index contributed by atoms with van der Waals surface area (Å²) in [6, 6.07) is 0. The number of hydrogen-bond acceptors (Lipinski definition) is 14. The maximum absolute atomic E-state index is 13.0. The van der Waals surface area contributed by atoms with Crippen LogP contribution in [0, 0.1) is 0 Å². The first kappa shape index (κ1) is 61.2. The fraction of sp³-hybridized carbons (Fsp3) is 0.660. The quantitative estimate of drug-likeness (QED) is 0.00979. The van der Waals surface area contributed by atoms with Crippen molar-refractivity contribution in [1.29, 1.82) is 0 Å². The minimum Gasteiger partial charge on any atom is -0.462 e. The Bertz CT molecular complexity index is 1620. The van der Waals surface area contributed by atoms with Gasteiger partial charge in [-0.05, 0) is 70.6 Å². The smallest absolute Gasteiger partial charge is 0.462 e. The van der Waals surface area contributed by atoms with Gasteiger partial charge in [0, 0.05) is 12.8 Å². The van der Waals surface area contributed by atoms with Crippen molar-refractivity contribution < 1.29 is 82.0 Å². The highest BCUT2D eigenvalue weighted by Crippen LogP contribution is 2.49. The number of esters is 2. The van der Waals surface area contributed by atoms with E-state index >= 15 is 0 Å². The van der Waals surface area contributed by atoms with Gasteiger partial charge in [-0.3, -0.25) is 23.2 Å². The molecule has 17 nitrogen and oxygen atoms in total. The first-order valence-electron chi connectivity index (χ1n) is 23.2.